The standard InChI is InChI=1S/C23H27N11O7S3/c1-23(2,3)41-22(40)27-20-26-10(8-44-20)11(24)16(35)34(32-6-5-25-21(32)39)13-17(36)33-12(19(37)38)9(7-43-18(13)33)14(42)15-28-29-30-31(15)4/h8,13-14,18,24,42H,5-7H2,1-4H3,(H,25,39)(H,37,38)(H,26,27,40). The second kappa shape index (κ2) is 11.7. The van der Waals surface area contributed by atoms with Crippen LogP contribution in [0.4, 0.5) is 14.7 Å². The predicted octanol–water partition coefficient (Wildman–Crippen LogP) is 0.444. The van der Waals surface area contributed by atoms with Crippen LogP contribution in [0.1, 0.15) is 37.5 Å². The first-order chi connectivity index (χ1) is 20.7. The zero-order valence-electron chi connectivity index (χ0n) is 23.7. The Balaban J connectivity index is 1.42. The summed E-state index contributed by atoms with van der Waals surface area (Å²) in [6, 6.07) is -1.97. The number of fused-ring (bicyclic) bond motifs is 1. The van der Waals surface area contributed by atoms with Crippen LogP contribution in [0, 0.1) is 5.41 Å². The number of carbonyl (C=O) groups is 5. The van der Waals surface area contributed by atoms with Gasteiger partial charge in [0.25, 0.3) is 11.8 Å². The first kappa shape index (κ1) is 31.2. The fraction of sp³-hybridized carbons (Fsp3) is 0.478. The lowest BCUT2D eigenvalue weighted by Gasteiger charge is -2.54. The highest BCUT2D eigenvalue weighted by Crippen LogP contribution is 2.46. The number of aryl methyl sites for hydroxylation is 1. The molecule has 5 heterocycles. The number of carboxylic acid groups (broad SMARTS) is 1. The number of aromatic nitrogens is 5. The number of amides is 5. The molecule has 3 aliphatic heterocycles. The number of carbonyl (C=O) groups excluding carboxylic acids is 4. The molecule has 0 aliphatic carbocycles. The van der Waals surface area contributed by atoms with Gasteiger partial charge >= 0.3 is 18.1 Å². The van der Waals surface area contributed by atoms with E-state index in [4.69, 9.17) is 10.1 Å². The maximum absolute atomic E-state index is 13.8. The van der Waals surface area contributed by atoms with Crippen molar-refractivity contribution < 1.29 is 33.8 Å². The third kappa shape index (κ3) is 5.68. The fourth-order valence-corrected chi connectivity index (χ4v) is 7.33. The average Bonchev–Trinajstić information content (AvgIpc) is 3.69. The van der Waals surface area contributed by atoms with E-state index < -0.39 is 57.9 Å². The van der Waals surface area contributed by atoms with Crippen LogP contribution < -0.4 is 10.6 Å². The van der Waals surface area contributed by atoms with Crippen molar-refractivity contribution in [2.75, 3.05) is 24.2 Å². The lowest BCUT2D eigenvalue weighted by atomic mass is 10.00. The number of thioether (sulfide) groups is 1. The minimum Gasteiger partial charge on any atom is -0.477 e. The third-order valence-electron chi connectivity index (χ3n) is 6.55. The van der Waals surface area contributed by atoms with E-state index in [-0.39, 0.29) is 46.8 Å². The SMILES string of the molecule is Cn1nnnc1C(S)C1=C(C(=O)O)N2C(=O)C(N(C(=O)C(=N)c3csc(NC(=O)OC(C)(C)C)n3)N3CCNC3=O)C2SC1. The van der Waals surface area contributed by atoms with E-state index in [0.29, 0.717) is 0 Å². The van der Waals surface area contributed by atoms with Gasteiger partial charge in [-0.25, -0.2) is 34.1 Å². The number of tetrazole rings is 1. The molecular weight excluding hydrogens is 639 g/mol. The zero-order valence-corrected chi connectivity index (χ0v) is 26.2. The molecule has 5 amide bonds. The molecule has 18 nitrogen and oxygen atoms in total. The topological polar surface area (TPSA) is 229 Å². The van der Waals surface area contributed by atoms with Gasteiger partial charge in [-0.15, -0.1) is 28.2 Å². The van der Waals surface area contributed by atoms with Gasteiger partial charge in [-0.05, 0) is 36.8 Å². The molecule has 5 rings (SSSR count). The van der Waals surface area contributed by atoms with Crippen molar-refractivity contribution in [2.24, 2.45) is 7.05 Å². The smallest absolute Gasteiger partial charge is 0.413 e. The molecule has 0 radical (unpaired) electrons. The van der Waals surface area contributed by atoms with Crippen molar-refractivity contribution in [1.82, 2.24) is 45.4 Å². The Kier molecular flexibility index (Phi) is 8.29. The molecule has 3 atom stereocenters. The van der Waals surface area contributed by atoms with Crippen LogP contribution in [0.25, 0.3) is 0 Å². The Hall–Kier alpha value is -4.24. The quantitative estimate of drug-likeness (QED) is 0.147. The molecular formula is C23H27N11O7S3. The van der Waals surface area contributed by atoms with E-state index in [9.17, 15) is 29.1 Å². The molecule has 0 aromatic carbocycles. The van der Waals surface area contributed by atoms with E-state index in [0.717, 1.165) is 26.3 Å². The molecule has 21 heteroatoms. The summed E-state index contributed by atoms with van der Waals surface area (Å²) >= 11 is 6.65. The minimum atomic E-state index is -1.39. The maximum Gasteiger partial charge on any atom is 0.413 e. The van der Waals surface area contributed by atoms with Gasteiger partial charge < -0.3 is 15.2 Å². The molecule has 3 unspecified atom stereocenters. The third-order valence-corrected chi connectivity index (χ3v) is 9.14. The van der Waals surface area contributed by atoms with Crippen LogP contribution in [0.15, 0.2) is 16.7 Å². The minimum absolute atomic E-state index is 0.0201. The average molecular weight is 666 g/mol. The number of anilines is 1. The highest BCUT2D eigenvalue weighted by atomic mass is 32.2. The molecule has 0 saturated carbocycles. The van der Waals surface area contributed by atoms with Gasteiger partial charge in [0.2, 0.25) is 0 Å². The molecule has 3 aliphatic rings. The largest absolute Gasteiger partial charge is 0.477 e. The molecule has 4 N–H and O–H groups in total. The first-order valence-electron chi connectivity index (χ1n) is 12.9. The van der Waals surface area contributed by atoms with E-state index >= 15 is 0 Å². The van der Waals surface area contributed by atoms with Gasteiger partial charge in [0.15, 0.2) is 17.0 Å². The summed E-state index contributed by atoms with van der Waals surface area (Å²) in [6.07, 6.45) is -0.776. The number of aliphatic carboxylic acids is 1. The number of rotatable bonds is 8. The second-order valence-electron chi connectivity index (χ2n) is 10.6. The van der Waals surface area contributed by atoms with Crippen LogP contribution in [-0.2, 0) is 26.2 Å². The summed E-state index contributed by atoms with van der Waals surface area (Å²) in [5.74, 6) is -2.79. The Morgan fingerprint density at radius 1 is 1.32 bits per heavy atom. The van der Waals surface area contributed by atoms with Gasteiger partial charge in [0, 0.05) is 24.7 Å². The summed E-state index contributed by atoms with van der Waals surface area (Å²) < 4.78 is 6.54. The first-order valence-corrected chi connectivity index (χ1v) is 15.4. The van der Waals surface area contributed by atoms with Gasteiger partial charge in [-0.2, -0.15) is 12.6 Å². The summed E-state index contributed by atoms with van der Waals surface area (Å²) in [7, 11) is 1.57. The molecule has 2 saturated heterocycles. The van der Waals surface area contributed by atoms with E-state index in [1.807, 2.05) is 0 Å². The number of hydrogen-bond donors (Lipinski definition) is 5. The Morgan fingerprint density at radius 2 is 2.05 bits per heavy atom. The number of hydrogen-bond acceptors (Lipinski definition) is 14. The number of thiol groups is 1. The van der Waals surface area contributed by atoms with Crippen LogP contribution in [-0.4, -0.2) is 117 Å². The maximum atomic E-state index is 13.8. The number of ether oxygens (including phenoxy) is 1. The van der Waals surface area contributed by atoms with E-state index in [2.05, 4.69) is 43.8 Å². The summed E-state index contributed by atoms with van der Waals surface area (Å²) in [5.41, 5.74) is -1.56. The van der Waals surface area contributed by atoms with Crippen LogP contribution in [0.2, 0.25) is 0 Å². The predicted molar refractivity (Wildman–Crippen MR) is 158 cm³/mol. The molecule has 0 bridgehead atoms. The molecule has 0 spiro atoms. The van der Waals surface area contributed by atoms with E-state index in [1.54, 1.807) is 27.8 Å². The molecule has 44 heavy (non-hydrogen) atoms. The molecule has 2 aromatic rings. The van der Waals surface area contributed by atoms with Crippen LogP contribution in [0.3, 0.4) is 0 Å². The number of nitrogens with zero attached hydrogens (tertiary/aromatic N) is 8. The number of urea groups is 1. The fourth-order valence-electron chi connectivity index (χ4n) is 4.66. The van der Waals surface area contributed by atoms with Crippen LogP contribution in [0.5, 0.6) is 0 Å². The van der Waals surface area contributed by atoms with Gasteiger partial charge in [0.05, 0.1) is 11.8 Å². The van der Waals surface area contributed by atoms with Crippen molar-refractivity contribution in [1.29, 1.82) is 5.41 Å². The number of hydrazine groups is 1. The van der Waals surface area contributed by atoms with Crippen molar-refractivity contribution in [3.63, 3.8) is 0 Å². The monoisotopic (exact) mass is 665 g/mol. The van der Waals surface area contributed by atoms with Gasteiger partial charge in [-0.3, -0.25) is 25.2 Å². The highest BCUT2D eigenvalue weighted by Gasteiger charge is 2.60. The lowest BCUT2D eigenvalue weighted by Crippen LogP contribution is -2.74. The number of carboxylic acids is 1. The summed E-state index contributed by atoms with van der Waals surface area (Å²) in [6.45, 7) is 5.26. The molecule has 2 fully saturated rings. The van der Waals surface area contributed by atoms with Crippen molar-refractivity contribution in [3.8, 4) is 0 Å². The summed E-state index contributed by atoms with van der Waals surface area (Å²) in [4.78, 5) is 70.0. The van der Waals surface area contributed by atoms with Crippen LogP contribution >= 0.6 is 35.7 Å². The van der Waals surface area contributed by atoms with Gasteiger partial charge in [0.1, 0.15) is 28.1 Å². The normalized spacial score (nSPS) is 20.5. The van der Waals surface area contributed by atoms with Gasteiger partial charge in [-0.1, -0.05) is 0 Å². The Labute approximate surface area is 263 Å². The summed E-state index contributed by atoms with van der Waals surface area (Å²) in [5, 5.41) is 36.6. The zero-order chi connectivity index (χ0) is 32.1. The van der Waals surface area contributed by atoms with Crippen molar-refractivity contribution >= 4 is 76.5 Å². The molecule has 234 valence electrons. The molecule has 2 aromatic heterocycles. The van der Waals surface area contributed by atoms with E-state index in [1.165, 1.54) is 21.8 Å². The second-order valence-corrected chi connectivity index (χ2v) is 13.1. The number of thiazole rings is 1. The van der Waals surface area contributed by atoms with Crippen molar-refractivity contribution in [3.05, 3.63) is 28.2 Å². The number of β-lactam (4-membered cyclic amide) rings is 1. The Bertz CT molecular complexity index is 1600. The Morgan fingerprint density at radius 3 is 2.64 bits per heavy atom. The highest BCUT2D eigenvalue weighted by molar-refractivity contribution is 8.00. The lowest BCUT2D eigenvalue weighted by molar-refractivity contribution is -0.169. The van der Waals surface area contributed by atoms with Crippen molar-refractivity contribution in [2.45, 2.75) is 43.0 Å². The number of nitrogens with one attached hydrogen (secondary N) is 3.